The summed E-state index contributed by atoms with van der Waals surface area (Å²) in [5.74, 6) is 0. The maximum absolute atomic E-state index is 6.16. The van der Waals surface area contributed by atoms with Gasteiger partial charge in [-0.15, -0.1) is 0 Å². The molecule has 0 heterocycles. The summed E-state index contributed by atoms with van der Waals surface area (Å²) in [5.41, 5.74) is 0. The topological polar surface area (TPSA) is 18.5 Å². The lowest BCUT2D eigenvalue weighted by molar-refractivity contribution is 0.291. The number of rotatable bonds is 8. The van der Waals surface area contributed by atoms with Crippen molar-refractivity contribution in [2.75, 3.05) is 13.2 Å². The first-order valence-corrected chi connectivity index (χ1v) is 14.5. The lowest BCUT2D eigenvalue weighted by atomic mass is 10.2. The van der Waals surface area contributed by atoms with Gasteiger partial charge in [0.05, 0.1) is 0 Å². The fraction of sp³-hybridized carbons (Fsp3) is 0.889. The Hall–Kier alpha value is 0.0938. The fourth-order valence-corrected chi connectivity index (χ4v) is 3.56. The molecule has 0 aromatic carbocycles. The SMILES string of the molecule is CC(C)(C)[Si](C)(C)OCC/C=C/CCO[Si](C)(C)C(C)(C)C. The highest BCUT2D eigenvalue weighted by Crippen LogP contribution is 2.37. The quantitative estimate of drug-likeness (QED) is 0.289. The van der Waals surface area contributed by atoms with Gasteiger partial charge in [-0.2, -0.15) is 0 Å². The second-order valence-corrected chi connectivity index (χ2v) is 18.9. The summed E-state index contributed by atoms with van der Waals surface area (Å²) in [6, 6.07) is 0. The molecule has 0 amide bonds. The van der Waals surface area contributed by atoms with Crippen LogP contribution in [0.1, 0.15) is 54.4 Å². The van der Waals surface area contributed by atoms with E-state index < -0.39 is 16.6 Å². The zero-order valence-corrected chi connectivity index (χ0v) is 18.8. The Kier molecular flexibility index (Phi) is 8.30. The third-order valence-electron chi connectivity index (χ3n) is 5.27. The predicted molar refractivity (Wildman–Crippen MR) is 105 cm³/mol. The van der Waals surface area contributed by atoms with Crippen molar-refractivity contribution in [3.8, 4) is 0 Å². The van der Waals surface area contributed by atoms with Crippen LogP contribution in [0.15, 0.2) is 12.2 Å². The normalized spacial score (nSPS) is 14.8. The summed E-state index contributed by atoms with van der Waals surface area (Å²) in [5, 5.41) is 0.599. The molecule has 0 saturated heterocycles. The zero-order valence-electron chi connectivity index (χ0n) is 16.8. The molecule has 4 heteroatoms. The molecule has 0 fully saturated rings. The van der Waals surface area contributed by atoms with Crippen LogP contribution in [-0.4, -0.2) is 29.8 Å². The van der Waals surface area contributed by atoms with E-state index in [0.29, 0.717) is 10.1 Å². The first kappa shape index (κ1) is 22.1. The second-order valence-electron chi connectivity index (χ2n) is 9.27. The summed E-state index contributed by atoms with van der Waals surface area (Å²) in [6.07, 6.45) is 6.49. The van der Waals surface area contributed by atoms with Crippen molar-refractivity contribution in [3.63, 3.8) is 0 Å². The van der Waals surface area contributed by atoms with Crippen molar-refractivity contribution in [1.29, 1.82) is 0 Å². The van der Waals surface area contributed by atoms with Crippen LogP contribution < -0.4 is 0 Å². The van der Waals surface area contributed by atoms with Crippen LogP contribution in [0.2, 0.25) is 36.3 Å². The molecule has 0 aromatic rings. The molecule has 0 spiro atoms. The van der Waals surface area contributed by atoms with Crippen molar-refractivity contribution in [2.45, 2.75) is 90.6 Å². The largest absolute Gasteiger partial charge is 0.417 e. The van der Waals surface area contributed by atoms with Crippen molar-refractivity contribution in [1.82, 2.24) is 0 Å². The molecule has 0 aromatic heterocycles. The molecule has 132 valence electrons. The summed E-state index contributed by atoms with van der Waals surface area (Å²) >= 11 is 0. The smallest absolute Gasteiger partial charge is 0.191 e. The Morgan fingerprint density at radius 2 is 0.909 bits per heavy atom. The van der Waals surface area contributed by atoms with Gasteiger partial charge in [-0.3, -0.25) is 0 Å². The zero-order chi connectivity index (χ0) is 17.7. The van der Waals surface area contributed by atoms with Gasteiger partial charge in [0, 0.05) is 13.2 Å². The van der Waals surface area contributed by atoms with Gasteiger partial charge in [0.1, 0.15) is 0 Å². The third-order valence-corrected chi connectivity index (χ3v) is 14.4. The molecule has 0 bridgehead atoms. The third kappa shape index (κ3) is 7.58. The average molecular weight is 345 g/mol. The van der Waals surface area contributed by atoms with Crippen molar-refractivity contribution >= 4 is 16.6 Å². The van der Waals surface area contributed by atoms with E-state index in [0.717, 1.165) is 26.1 Å². The lowest BCUT2D eigenvalue weighted by Gasteiger charge is -2.36. The maximum Gasteiger partial charge on any atom is 0.191 e. The summed E-state index contributed by atoms with van der Waals surface area (Å²) in [7, 11) is -3.16. The fourth-order valence-electron chi connectivity index (χ4n) is 1.43. The molecule has 0 aliphatic heterocycles. The van der Waals surface area contributed by atoms with Crippen molar-refractivity contribution in [2.24, 2.45) is 0 Å². The van der Waals surface area contributed by atoms with E-state index in [4.69, 9.17) is 8.85 Å². The van der Waals surface area contributed by atoms with Crippen LogP contribution in [0.3, 0.4) is 0 Å². The van der Waals surface area contributed by atoms with Gasteiger partial charge in [-0.25, -0.2) is 0 Å². The Balaban J connectivity index is 3.91. The molecule has 0 saturated carbocycles. The first-order chi connectivity index (χ1) is 9.71. The van der Waals surface area contributed by atoms with Crippen LogP contribution in [-0.2, 0) is 8.85 Å². The van der Waals surface area contributed by atoms with Crippen LogP contribution in [0, 0.1) is 0 Å². The molecule has 0 unspecified atom stereocenters. The summed E-state index contributed by atoms with van der Waals surface area (Å²) < 4.78 is 12.3. The molecule has 0 radical (unpaired) electrons. The minimum absolute atomic E-state index is 0.299. The summed E-state index contributed by atoms with van der Waals surface area (Å²) in [4.78, 5) is 0. The lowest BCUT2D eigenvalue weighted by Crippen LogP contribution is -2.41. The monoisotopic (exact) mass is 344 g/mol. The Bertz CT molecular complexity index is 313. The molecular weight excluding hydrogens is 304 g/mol. The molecule has 22 heavy (non-hydrogen) atoms. The summed E-state index contributed by atoms with van der Waals surface area (Å²) in [6.45, 7) is 24.6. The van der Waals surface area contributed by atoms with E-state index in [-0.39, 0.29) is 0 Å². The molecule has 0 atom stereocenters. The van der Waals surface area contributed by atoms with E-state index in [1.807, 2.05) is 0 Å². The van der Waals surface area contributed by atoms with Gasteiger partial charge in [0.25, 0.3) is 0 Å². The minimum Gasteiger partial charge on any atom is -0.417 e. The molecule has 0 N–H and O–H groups in total. The highest BCUT2D eigenvalue weighted by atomic mass is 28.4. The number of hydrogen-bond acceptors (Lipinski definition) is 2. The molecule has 2 nitrogen and oxygen atoms in total. The number of hydrogen-bond donors (Lipinski definition) is 0. The van der Waals surface area contributed by atoms with Crippen molar-refractivity contribution < 1.29 is 8.85 Å². The maximum atomic E-state index is 6.16. The molecule has 0 aliphatic carbocycles. The molecule has 0 aliphatic rings. The van der Waals surface area contributed by atoms with Gasteiger partial charge in [-0.05, 0) is 49.1 Å². The van der Waals surface area contributed by atoms with Gasteiger partial charge >= 0.3 is 0 Å². The van der Waals surface area contributed by atoms with E-state index in [1.54, 1.807) is 0 Å². The van der Waals surface area contributed by atoms with Crippen LogP contribution >= 0.6 is 0 Å². The minimum atomic E-state index is -1.58. The van der Waals surface area contributed by atoms with Gasteiger partial charge in [0.15, 0.2) is 16.6 Å². The van der Waals surface area contributed by atoms with Crippen LogP contribution in [0.5, 0.6) is 0 Å². The standard InChI is InChI=1S/C18H40O2Si2/c1-17(2,3)21(7,8)19-15-13-11-12-14-16-20-22(9,10)18(4,5)6/h11-12H,13-16H2,1-10H3/b12-11+. The van der Waals surface area contributed by atoms with Crippen molar-refractivity contribution in [3.05, 3.63) is 12.2 Å². The highest BCUT2D eigenvalue weighted by molar-refractivity contribution is 6.74. The average Bonchev–Trinajstić information content (AvgIpc) is 2.29. The van der Waals surface area contributed by atoms with Gasteiger partial charge in [0.2, 0.25) is 0 Å². The Morgan fingerprint density at radius 1 is 0.636 bits per heavy atom. The predicted octanol–water partition coefficient (Wildman–Crippen LogP) is 6.37. The van der Waals surface area contributed by atoms with E-state index >= 15 is 0 Å². The molecular formula is C18H40O2Si2. The Morgan fingerprint density at radius 3 is 1.14 bits per heavy atom. The van der Waals surface area contributed by atoms with E-state index in [2.05, 4.69) is 79.9 Å². The second kappa shape index (κ2) is 8.27. The Labute approximate surface area is 141 Å². The van der Waals surface area contributed by atoms with Gasteiger partial charge < -0.3 is 8.85 Å². The van der Waals surface area contributed by atoms with Gasteiger partial charge in [-0.1, -0.05) is 53.7 Å². The molecule has 0 rings (SSSR count). The van der Waals surface area contributed by atoms with E-state index in [9.17, 15) is 0 Å². The highest BCUT2D eigenvalue weighted by Gasteiger charge is 2.37. The van der Waals surface area contributed by atoms with E-state index in [1.165, 1.54) is 0 Å². The van der Waals surface area contributed by atoms with Crippen LogP contribution in [0.4, 0.5) is 0 Å². The first-order valence-electron chi connectivity index (χ1n) is 8.64. The van der Waals surface area contributed by atoms with Crippen LogP contribution in [0.25, 0.3) is 0 Å².